The number of halogens is 1. The van der Waals surface area contributed by atoms with Gasteiger partial charge in [-0.3, -0.25) is 4.79 Å². The number of amides is 1. The fourth-order valence-electron chi connectivity index (χ4n) is 2.72. The number of carbonyl (C=O) groups is 1. The topological polar surface area (TPSA) is 50.8 Å². The Labute approximate surface area is 149 Å². The smallest absolute Gasteiger partial charge is 0.254 e. The molecule has 6 heteroatoms. The quantitative estimate of drug-likeness (QED) is 0.817. The summed E-state index contributed by atoms with van der Waals surface area (Å²) in [6, 6.07) is 3.58. The monoisotopic (exact) mass is 354 g/mol. The van der Waals surface area contributed by atoms with Crippen LogP contribution in [-0.4, -0.2) is 50.7 Å². The highest BCUT2D eigenvalue weighted by atomic mass is 35.5. The number of rotatable bonds is 7. The molecule has 1 aromatic carbocycles. The van der Waals surface area contributed by atoms with E-state index in [0.717, 1.165) is 25.9 Å². The number of likely N-dealkylation sites (N-methyl/N-ethyl adjacent to an activating group) is 1. The molecule has 1 heterocycles. The van der Waals surface area contributed by atoms with Gasteiger partial charge in [-0.1, -0.05) is 25.4 Å². The molecule has 1 aliphatic rings. The van der Waals surface area contributed by atoms with Crippen LogP contribution in [0.4, 0.5) is 0 Å². The molecule has 1 fully saturated rings. The highest BCUT2D eigenvalue weighted by Crippen LogP contribution is 2.37. The molecule has 0 saturated carbocycles. The van der Waals surface area contributed by atoms with E-state index in [2.05, 4.69) is 19.2 Å². The predicted molar refractivity (Wildman–Crippen MR) is 96.3 cm³/mol. The zero-order valence-electron chi connectivity index (χ0n) is 14.9. The fraction of sp³-hybridized carbons (Fsp3) is 0.611. The van der Waals surface area contributed by atoms with Crippen molar-refractivity contribution < 1.29 is 14.3 Å². The van der Waals surface area contributed by atoms with Crippen LogP contribution in [0.2, 0.25) is 5.02 Å². The minimum atomic E-state index is -0.0577. The van der Waals surface area contributed by atoms with Crippen LogP contribution in [0.1, 0.15) is 37.0 Å². The van der Waals surface area contributed by atoms with Gasteiger partial charge in [-0.2, -0.15) is 0 Å². The molecule has 0 aromatic heterocycles. The maximum absolute atomic E-state index is 12.7. The minimum absolute atomic E-state index is 0.0577. The lowest BCUT2D eigenvalue weighted by Crippen LogP contribution is -2.38. The van der Waals surface area contributed by atoms with Crippen molar-refractivity contribution in [1.82, 2.24) is 10.2 Å². The number of carbonyl (C=O) groups excluding carboxylic acids is 1. The van der Waals surface area contributed by atoms with Crippen LogP contribution in [0.5, 0.6) is 11.5 Å². The third-order valence-electron chi connectivity index (χ3n) is 4.32. The Bertz CT molecular complexity index is 572. The van der Waals surface area contributed by atoms with Crippen LogP contribution in [0.3, 0.4) is 0 Å². The van der Waals surface area contributed by atoms with E-state index in [1.807, 2.05) is 7.05 Å². The van der Waals surface area contributed by atoms with Crippen LogP contribution in [-0.2, 0) is 0 Å². The highest BCUT2D eigenvalue weighted by Gasteiger charge is 2.25. The maximum atomic E-state index is 12.7. The van der Waals surface area contributed by atoms with E-state index < -0.39 is 0 Å². The Balaban J connectivity index is 2.16. The van der Waals surface area contributed by atoms with Crippen molar-refractivity contribution in [3.05, 3.63) is 22.7 Å². The van der Waals surface area contributed by atoms with Crippen LogP contribution >= 0.6 is 11.6 Å². The first kappa shape index (κ1) is 18.9. The molecule has 0 bridgehead atoms. The second kappa shape index (κ2) is 8.58. The second-order valence-corrected chi connectivity index (χ2v) is 6.99. The Morgan fingerprint density at radius 2 is 2.21 bits per heavy atom. The van der Waals surface area contributed by atoms with Crippen molar-refractivity contribution in [3.63, 3.8) is 0 Å². The van der Waals surface area contributed by atoms with Crippen LogP contribution in [0, 0.1) is 5.92 Å². The van der Waals surface area contributed by atoms with Crippen LogP contribution in [0.25, 0.3) is 0 Å². The van der Waals surface area contributed by atoms with Crippen LogP contribution < -0.4 is 14.8 Å². The largest absolute Gasteiger partial charge is 0.493 e. The van der Waals surface area contributed by atoms with E-state index in [9.17, 15) is 4.79 Å². The molecule has 1 atom stereocenters. The summed E-state index contributed by atoms with van der Waals surface area (Å²) in [5.41, 5.74) is 0.516. The molecule has 1 N–H and O–H groups in total. The number of hydrogen-bond acceptors (Lipinski definition) is 4. The molecule has 24 heavy (non-hydrogen) atoms. The van der Waals surface area contributed by atoms with Crippen molar-refractivity contribution in [2.24, 2.45) is 5.92 Å². The number of ether oxygens (including phenoxy) is 2. The summed E-state index contributed by atoms with van der Waals surface area (Å²) in [6.45, 7) is 6.60. The molecular weight excluding hydrogens is 328 g/mol. The van der Waals surface area contributed by atoms with Gasteiger partial charge < -0.3 is 19.7 Å². The van der Waals surface area contributed by atoms with Gasteiger partial charge in [0.15, 0.2) is 11.5 Å². The average Bonchev–Trinajstić information content (AvgIpc) is 3.08. The van der Waals surface area contributed by atoms with Gasteiger partial charge in [-0.05, 0) is 37.4 Å². The van der Waals surface area contributed by atoms with Crippen LogP contribution in [0.15, 0.2) is 12.1 Å². The molecule has 1 amide bonds. The van der Waals surface area contributed by atoms with Gasteiger partial charge in [0.05, 0.1) is 18.7 Å². The van der Waals surface area contributed by atoms with Gasteiger partial charge in [0.25, 0.3) is 5.91 Å². The van der Waals surface area contributed by atoms with Crippen molar-refractivity contribution in [2.45, 2.75) is 32.7 Å². The van der Waals surface area contributed by atoms with Gasteiger partial charge in [0, 0.05) is 25.2 Å². The molecule has 1 saturated heterocycles. The van der Waals surface area contributed by atoms with Crippen molar-refractivity contribution >= 4 is 17.5 Å². The number of benzene rings is 1. The molecule has 1 aliphatic heterocycles. The summed E-state index contributed by atoms with van der Waals surface area (Å²) < 4.78 is 11.2. The lowest BCUT2D eigenvalue weighted by atomic mass is 10.1. The van der Waals surface area contributed by atoms with E-state index in [-0.39, 0.29) is 11.9 Å². The lowest BCUT2D eigenvalue weighted by molar-refractivity contribution is 0.0743. The number of methoxy groups -OCH3 is 1. The summed E-state index contributed by atoms with van der Waals surface area (Å²) in [6.07, 6.45) is 1.89. The van der Waals surface area contributed by atoms with E-state index in [4.69, 9.17) is 21.1 Å². The number of nitrogens with one attached hydrogen (secondary N) is 1. The van der Waals surface area contributed by atoms with Gasteiger partial charge in [0.2, 0.25) is 0 Å². The molecule has 0 aliphatic carbocycles. The summed E-state index contributed by atoms with van der Waals surface area (Å²) >= 11 is 6.35. The Hall–Kier alpha value is -1.46. The van der Waals surface area contributed by atoms with E-state index in [1.165, 1.54) is 0 Å². The third-order valence-corrected chi connectivity index (χ3v) is 4.60. The molecule has 5 nitrogen and oxygen atoms in total. The normalized spacial score (nSPS) is 17.2. The molecule has 0 spiro atoms. The molecule has 0 radical (unpaired) electrons. The van der Waals surface area contributed by atoms with Gasteiger partial charge in [0.1, 0.15) is 0 Å². The maximum Gasteiger partial charge on any atom is 0.254 e. The SMILES string of the molecule is COc1cc(C(=O)N(C)C2CCNC2)cc(Cl)c1OCCC(C)C. The zero-order valence-corrected chi connectivity index (χ0v) is 15.7. The standard InChI is InChI=1S/C18H27ClN2O3/c1-12(2)6-8-24-17-15(19)9-13(10-16(17)23-4)18(22)21(3)14-5-7-20-11-14/h9-10,12,14,20H,5-8,11H2,1-4H3. The first-order valence-corrected chi connectivity index (χ1v) is 8.80. The molecule has 1 unspecified atom stereocenters. The zero-order chi connectivity index (χ0) is 17.7. The van der Waals surface area contributed by atoms with Crippen molar-refractivity contribution in [2.75, 3.05) is 33.9 Å². The van der Waals surface area contributed by atoms with Crippen molar-refractivity contribution in [3.8, 4) is 11.5 Å². The van der Waals surface area contributed by atoms with Gasteiger partial charge >= 0.3 is 0 Å². The van der Waals surface area contributed by atoms with Crippen molar-refractivity contribution in [1.29, 1.82) is 0 Å². The number of nitrogens with zero attached hydrogens (tertiary/aromatic N) is 1. The van der Waals surface area contributed by atoms with Gasteiger partial charge in [-0.25, -0.2) is 0 Å². The summed E-state index contributed by atoms with van der Waals surface area (Å²) in [4.78, 5) is 14.5. The molecule has 134 valence electrons. The predicted octanol–water partition coefficient (Wildman–Crippen LogP) is 3.21. The minimum Gasteiger partial charge on any atom is -0.493 e. The summed E-state index contributed by atoms with van der Waals surface area (Å²) in [7, 11) is 3.38. The highest BCUT2D eigenvalue weighted by molar-refractivity contribution is 6.32. The average molecular weight is 355 g/mol. The second-order valence-electron chi connectivity index (χ2n) is 6.58. The molecule has 2 rings (SSSR count). The van der Waals surface area contributed by atoms with E-state index in [0.29, 0.717) is 34.6 Å². The summed E-state index contributed by atoms with van der Waals surface area (Å²) in [5, 5.41) is 3.67. The van der Waals surface area contributed by atoms with E-state index in [1.54, 1.807) is 24.1 Å². The summed E-state index contributed by atoms with van der Waals surface area (Å²) in [5.74, 6) is 1.48. The first-order valence-electron chi connectivity index (χ1n) is 8.42. The Morgan fingerprint density at radius 1 is 1.46 bits per heavy atom. The first-order chi connectivity index (χ1) is 11.4. The van der Waals surface area contributed by atoms with Gasteiger partial charge in [-0.15, -0.1) is 0 Å². The lowest BCUT2D eigenvalue weighted by Gasteiger charge is -2.24. The Kier molecular flexibility index (Phi) is 6.75. The van der Waals surface area contributed by atoms with E-state index >= 15 is 0 Å². The Morgan fingerprint density at radius 3 is 2.79 bits per heavy atom. The number of hydrogen-bond donors (Lipinski definition) is 1. The third kappa shape index (κ3) is 4.54. The fourth-order valence-corrected chi connectivity index (χ4v) is 2.98. The molecule has 1 aromatic rings. The molecular formula is C18H27ClN2O3.